The molecule has 0 fully saturated rings. The molecule has 1 heterocycles. The smallest absolute Gasteiger partial charge is 0.240 e. The summed E-state index contributed by atoms with van der Waals surface area (Å²) in [5, 5.41) is 0.854. The maximum absolute atomic E-state index is 13.3. The summed E-state index contributed by atoms with van der Waals surface area (Å²) in [4.78, 5) is 16.1. The van der Waals surface area contributed by atoms with Crippen LogP contribution in [0.25, 0.3) is 22.0 Å². The zero-order valence-corrected chi connectivity index (χ0v) is 15.8. The molecule has 142 valence electrons. The number of benzene rings is 2. The number of H-pyrrole nitrogens is 1. The molecule has 1 amide bonds. The van der Waals surface area contributed by atoms with Gasteiger partial charge in [-0.05, 0) is 35.9 Å². The summed E-state index contributed by atoms with van der Waals surface area (Å²) < 4.78 is 40.4. The van der Waals surface area contributed by atoms with E-state index in [2.05, 4.69) is 9.71 Å². The number of nitrogens with one attached hydrogen (secondary N) is 2. The molecule has 0 spiro atoms. The maximum Gasteiger partial charge on any atom is 0.240 e. The summed E-state index contributed by atoms with van der Waals surface area (Å²) in [7, 11) is -0.454. The van der Waals surface area contributed by atoms with Gasteiger partial charge in [0.05, 0.1) is 4.90 Å². The average molecular weight is 389 g/mol. The number of carbonyl (C=O) groups excluding carboxylic acids is 1. The Hall–Kier alpha value is -2.71. The van der Waals surface area contributed by atoms with Crippen LogP contribution in [0.15, 0.2) is 53.6 Å². The molecule has 0 saturated heterocycles. The first-order valence-corrected chi connectivity index (χ1v) is 9.83. The quantitative estimate of drug-likeness (QED) is 0.680. The third-order valence-corrected chi connectivity index (χ3v) is 5.73. The van der Waals surface area contributed by atoms with Crippen molar-refractivity contribution >= 4 is 26.8 Å². The lowest BCUT2D eigenvalue weighted by atomic mass is 10.1. The predicted molar refractivity (Wildman–Crippen MR) is 102 cm³/mol. The van der Waals surface area contributed by atoms with Crippen molar-refractivity contribution in [1.29, 1.82) is 0 Å². The molecule has 2 aromatic carbocycles. The Labute approximate surface area is 157 Å². The summed E-state index contributed by atoms with van der Waals surface area (Å²) >= 11 is 0. The highest BCUT2D eigenvalue weighted by Crippen LogP contribution is 2.29. The molecule has 0 bridgehead atoms. The minimum Gasteiger partial charge on any atom is -0.360 e. The molecule has 0 unspecified atom stereocenters. The van der Waals surface area contributed by atoms with E-state index in [1.807, 2.05) is 0 Å². The van der Waals surface area contributed by atoms with Crippen LogP contribution in [0.4, 0.5) is 4.39 Å². The Kier molecular flexibility index (Phi) is 5.29. The van der Waals surface area contributed by atoms with Crippen molar-refractivity contribution in [2.45, 2.75) is 11.3 Å². The summed E-state index contributed by atoms with van der Waals surface area (Å²) in [6, 6.07) is 10.9. The minimum absolute atomic E-state index is 0.0368. The van der Waals surface area contributed by atoms with Crippen LogP contribution in [0.2, 0.25) is 0 Å². The van der Waals surface area contributed by atoms with Gasteiger partial charge in [-0.25, -0.2) is 17.5 Å². The van der Waals surface area contributed by atoms with E-state index in [0.717, 1.165) is 16.5 Å². The first kappa shape index (κ1) is 19.1. The van der Waals surface area contributed by atoms with E-state index < -0.39 is 10.0 Å². The van der Waals surface area contributed by atoms with Gasteiger partial charge in [-0.3, -0.25) is 4.79 Å². The molecule has 0 aliphatic heterocycles. The van der Waals surface area contributed by atoms with E-state index in [4.69, 9.17) is 0 Å². The van der Waals surface area contributed by atoms with Crippen LogP contribution >= 0.6 is 0 Å². The number of sulfonamides is 1. The molecule has 6 nitrogen and oxygen atoms in total. The second-order valence-electron chi connectivity index (χ2n) is 6.35. The highest BCUT2D eigenvalue weighted by molar-refractivity contribution is 7.89. The van der Waals surface area contributed by atoms with Gasteiger partial charge in [-0.15, -0.1) is 0 Å². The number of carbonyl (C=O) groups is 1. The lowest BCUT2D eigenvalue weighted by Gasteiger charge is -2.11. The fourth-order valence-corrected chi connectivity index (χ4v) is 3.78. The molecule has 0 aliphatic carbocycles. The van der Waals surface area contributed by atoms with Crippen molar-refractivity contribution in [2.75, 3.05) is 20.6 Å². The van der Waals surface area contributed by atoms with Crippen molar-refractivity contribution in [3.05, 3.63) is 54.5 Å². The molecule has 8 heteroatoms. The number of fused-ring (bicyclic) bond motifs is 1. The number of amides is 1. The van der Waals surface area contributed by atoms with Crippen molar-refractivity contribution in [3.63, 3.8) is 0 Å². The van der Waals surface area contributed by atoms with Gasteiger partial charge < -0.3 is 9.88 Å². The number of hydrogen-bond acceptors (Lipinski definition) is 3. The van der Waals surface area contributed by atoms with Crippen molar-refractivity contribution in [3.8, 4) is 11.1 Å². The minimum atomic E-state index is -3.69. The maximum atomic E-state index is 13.3. The first-order valence-electron chi connectivity index (χ1n) is 8.35. The Morgan fingerprint density at radius 3 is 2.52 bits per heavy atom. The summed E-state index contributed by atoms with van der Waals surface area (Å²) in [5.74, 6) is -0.472. The monoisotopic (exact) mass is 389 g/mol. The molecular formula is C19H20FN3O3S. The average Bonchev–Trinajstić information content (AvgIpc) is 3.04. The van der Waals surface area contributed by atoms with Crippen LogP contribution in [0.1, 0.15) is 6.42 Å². The van der Waals surface area contributed by atoms with E-state index in [-0.39, 0.29) is 29.6 Å². The van der Waals surface area contributed by atoms with Crippen LogP contribution in [-0.4, -0.2) is 44.8 Å². The van der Waals surface area contributed by atoms with Crippen molar-refractivity contribution in [2.24, 2.45) is 0 Å². The summed E-state index contributed by atoms with van der Waals surface area (Å²) in [6.07, 6.45) is 1.86. The number of nitrogens with zero attached hydrogens (tertiary/aromatic N) is 1. The number of aromatic nitrogens is 1. The second kappa shape index (κ2) is 7.50. The van der Waals surface area contributed by atoms with Crippen molar-refractivity contribution in [1.82, 2.24) is 14.6 Å². The fourth-order valence-electron chi connectivity index (χ4n) is 2.75. The first-order chi connectivity index (χ1) is 12.8. The summed E-state index contributed by atoms with van der Waals surface area (Å²) in [5.41, 5.74) is 2.35. The number of aromatic amines is 1. The van der Waals surface area contributed by atoms with Crippen LogP contribution < -0.4 is 4.72 Å². The van der Waals surface area contributed by atoms with Crippen LogP contribution in [0.5, 0.6) is 0 Å². The van der Waals surface area contributed by atoms with Gasteiger partial charge in [-0.1, -0.05) is 12.1 Å². The Balaban J connectivity index is 1.77. The number of halogens is 1. The predicted octanol–water partition coefficient (Wildman–Crippen LogP) is 2.73. The molecule has 1 aromatic heterocycles. The highest BCUT2D eigenvalue weighted by Gasteiger charge is 2.15. The zero-order valence-electron chi connectivity index (χ0n) is 15.0. The molecule has 2 N–H and O–H groups in total. The van der Waals surface area contributed by atoms with Gasteiger partial charge >= 0.3 is 0 Å². The fraction of sp³-hybridized carbons (Fsp3) is 0.211. The van der Waals surface area contributed by atoms with Gasteiger partial charge in [0.1, 0.15) is 5.82 Å². The third-order valence-electron chi connectivity index (χ3n) is 4.25. The van der Waals surface area contributed by atoms with Gasteiger partial charge in [0.2, 0.25) is 15.9 Å². The van der Waals surface area contributed by atoms with Gasteiger partial charge in [0.15, 0.2) is 0 Å². The lowest BCUT2D eigenvalue weighted by molar-refractivity contribution is -0.128. The van der Waals surface area contributed by atoms with Crippen LogP contribution in [0.3, 0.4) is 0 Å². The molecule has 27 heavy (non-hydrogen) atoms. The zero-order chi connectivity index (χ0) is 19.6. The molecule has 3 rings (SSSR count). The van der Waals surface area contributed by atoms with E-state index in [1.165, 1.54) is 29.2 Å². The highest BCUT2D eigenvalue weighted by atomic mass is 32.2. The number of rotatable bonds is 6. The molecule has 0 radical (unpaired) electrons. The molecular weight excluding hydrogens is 369 g/mol. The van der Waals surface area contributed by atoms with Crippen LogP contribution in [0, 0.1) is 5.82 Å². The Bertz CT molecular complexity index is 1070. The third kappa shape index (κ3) is 4.17. The van der Waals surface area contributed by atoms with E-state index in [1.54, 1.807) is 38.5 Å². The molecule has 0 saturated carbocycles. The Morgan fingerprint density at radius 1 is 1.15 bits per heavy atom. The largest absolute Gasteiger partial charge is 0.360 e. The van der Waals surface area contributed by atoms with E-state index in [9.17, 15) is 17.6 Å². The van der Waals surface area contributed by atoms with Gasteiger partial charge in [-0.2, -0.15) is 0 Å². The van der Waals surface area contributed by atoms with E-state index >= 15 is 0 Å². The Morgan fingerprint density at radius 2 is 1.85 bits per heavy atom. The topological polar surface area (TPSA) is 82.3 Å². The lowest BCUT2D eigenvalue weighted by Crippen LogP contribution is -2.30. The van der Waals surface area contributed by atoms with Crippen LogP contribution in [-0.2, 0) is 14.8 Å². The second-order valence-corrected chi connectivity index (χ2v) is 8.12. The molecule has 0 aliphatic rings. The van der Waals surface area contributed by atoms with Gasteiger partial charge in [0, 0.05) is 49.7 Å². The van der Waals surface area contributed by atoms with Crippen molar-refractivity contribution < 1.29 is 17.6 Å². The summed E-state index contributed by atoms with van der Waals surface area (Å²) in [6.45, 7) is 0.0368. The van der Waals surface area contributed by atoms with Gasteiger partial charge in [0.25, 0.3) is 0 Å². The van der Waals surface area contributed by atoms with E-state index in [0.29, 0.717) is 5.52 Å². The molecule has 0 atom stereocenters. The number of hydrogen-bond donors (Lipinski definition) is 2. The normalized spacial score (nSPS) is 11.7. The SMILES string of the molecule is CN(C)C(=O)CCNS(=O)(=O)c1ccc(-c2c[nH]c3cc(F)ccc23)cc1. The molecule has 3 aromatic rings. The standard InChI is InChI=1S/C19H20FN3O3S/c1-23(2)19(24)9-10-22-27(25,26)15-6-3-13(4-7-15)17-12-21-18-11-14(20)5-8-16(17)18/h3-8,11-12,21-22H,9-10H2,1-2H3.